The average Bonchev–Trinajstić information content (AvgIpc) is 2.36. The Hall–Kier alpha value is -1.15. The van der Waals surface area contributed by atoms with E-state index in [4.69, 9.17) is 5.11 Å². The maximum Gasteiger partial charge on any atom is 0.322 e. The van der Waals surface area contributed by atoms with Crippen LogP contribution in [0.3, 0.4) is 0 Å². The van der Waals surface area contributed by atoms with Gasteiger partial charge in [-0.2, -0.15) is 0 Å². The molecule has 0 unspecified atom stereocenters. The van der Waals surface area contributed by atoms with E-state index in [1.807, 2.05) is 0 Å². The lowest BCUT2D eigenvalue weighted by molar-refractivity contribution is -0.140. The standard InChI is InChI=1S/C12H21NO6S/c1-19-11(16)8-20(17,18)13-9-12(7-10(14)15)5-3-2-4-6-12/h13H,2-9H2,1H3,(H,14,15). The Labute approximate surface area is 118 Å². The van der Waals surface area contributed by atoms with Crippen molar-refractivity contribution in [2.75, 3.05) is 19.4 Å². The minimum Gasteiger partial charge on any atom is -0.481 e. The summed E-state index contributed by atoms with van der Waals surface area (Å²) < 4.78 is 30.1. The van der Waals surface area contributed by atoms with Crippen LogP contribution in [0.2, 0.25) is 0 Å². The van der Waals surface area contributed by atoms with Gasteiger partial charge in [-0.05, 0) is 18.3 Å². The molecule has 1 aliphatic rings. The van der Waals surface area contributed by atoms with Gasteiger partial charge >= 0.3 is 11.9 Å². The predicted octanol–water partition coefficient (Wildman–Crippen LogP) is 0.504. The number of rotatable bonds is 7. The summed E-state index contributed by atoms with van der Waals surface area (Å²) in [4.78, 5) is 22.0. The highest BCUT2D eigenvalue weighted by Crippen LogP contribution is 2.38. The third-order valence-corrected chi connectivity index (χ3v) is 4.84. The smallest absolute Gasteiger partial charge is 0.322 e. The molecule has 1 rings (SSSR count). The third kappa shape index (κ3) is 5.46. The fourth-order valence-electron chi connectivity index (χ4n) is 2.57. The van der Waals surface area contributed by atoms with Crippen molar-refractivity contribution in [3.8, 4) is 0 Å². The molecule has 116 valence electrons. The van der Waals surface area contributed by atoms with Crippen LogP contribution in [0.15, 0.2) is 0 Å². The lowest BCUT2D eigenvalue weighted by atomic mass is 9.72. The number of carboxylic acid groups (broad SMARTS) is 1. The van der Waals surface area contributed by atoms with Gasteiger partial charge in [-0.3, -0.25) is 9.59 Å². The lowest BCUT2D eigenvalue weighted by Gasteiger charge is -2.36. The van der Waals surface area contributed by atoms with Gasteiger partial charge in [0.1, 0.15) is 0 Å². The molecule has 7 nitrogen and oxygen atoms in total. The molecule has 20 heavy (non-hydrogen) atoms. The van der Waals surface area contributed by atoms with Crippen LogP contribution in [0, 0.1) is 5.41 Å². The van der Waals surface area contributed by atoms with Crippen LogP contribution >= 0.6 is 0 Å². The van der Waals surface area contributed by atoms with Gasteiger partial charge in [-0.25, -0.2) is 13.1 Å². The average molecular weight is 307 g/mol. The third-order valence-electron chi connectivity index (χ3n) is 3.64. The summed E-state index contributed by atoms with van der Waals surface area (Å²) in [6, 6.07) is 0. The number of esters is 1. The number of hydrogen-bond donors (Lipinski definition) is 2. The van der Waals surface area contributed by atoms with Crippen molar-refractivity contribution < 1.29 is 27.9 Å². The lowest BCUT2D eigenvalue weighted by Crippen LogP contribution is -2.42. The molecule has 0 heterocycles. The number of sulfonamides is 1. The van der Waals surface area contributed by atoms with Gasteiger partial charge in [0.05, 0.1) is 13.5 Å². The van der Waals surface area contributed by atoms with Crippen molar-refractivity contribution in [3.05, 3.63) is 0 Å². The van der Waals surface area contributed by atoms with Crippen LogP contribution in [-0.2, 0) is 24.3 Å². The first-order valence-electron chi connectivity index (χ1n) is 6.55. The molecule has 1 aliphatic carbocycles. The van der Waals surface area contributed by atoms with Crippen molar-refractivity contribution >= 4 is 22.0 Å². The fourth-order valence-corrected chi connectivity index (χ4v) is 3.62. The second kappa shape index (κ2) is 7.03. The van der Waals surface area contributed by atoms with E-state index in [0.29, 0.717) is 12.8 Å². The van der Waals surface area contributed by atoms with Crippen LogP contribution in [-0.4, -0.2) is 44.9 Å². The number of nitrogens with one attached hydrogen (secondary N) is 1. The Balaban J connectivity index is 2.66. The van der Waals surface area contributed by atoms with Gasteiger partial charge in [-0.1, -0.05) is 19.3 Å². The molecule has 0 aromatic carbocycles. The van der Waals surface area contributed by atoms with Crippen LogP contribution in [0.1, 0.15) is 38.5 Å². The van der Waals surface area contributed by atoms with Crippen molar-refractivity contribution in [1.82, 2.24) is 4.72 Å². The van der Waals surface area contributed by atoms with Gasteiger partial charge in [0.15, 0.2) is 5.75 Å². The summed E-state index contributed by atoms with van der Waals surface area (Å²) >= 11 is 0. The zero-order valence-corrected chi connectivity index (χ0v) is 12.4. The van der Waals surface area contributed by atoms with E-state index >= 15 is 0 Å². The summed E-state index contributed by atoms with van der Waals surface area (Å²) in [7, 11) is -2.67. The van der Waals surface area contributed by atoms with E-state index in [0.717, 1.165) is 26.4 Å². The second-order valence-corrected chi connectivity index (χ2v) is 7.09. The number of hydrogen-bond acceptors (Lipinski definition) is 5. The fraction of sp³-hybridized carbons (Fsp3) is 0.833. The molecule has 0 bridgehead atoms. The molecule has 8 heteroatoms. The molecule has 0 spiro atoms. The second-order valence-electron chi connectivity index (χ2n) is 5.29. The van der Waals surface area contributed by atoms with E-state index in [2.05, 4.69) is 9.46 Å². The monoisotopic (exact) mass is 307 g/mol. The van der Waals surface area contributed by atoms with Gasteiger partial charge < -0.3 is 9.84 Å². The molecule has 1 saturated carbocycles. The highest BCUT2D eigenvalue weighted by atomic mass is 32.2. The molecule has 0 saturated heterocycles. The van der Waals surface area contributed by atoms with E-state index < -0.39 is 33.1 Å². The Morgan fingerprint density at radius 1 is 1.25 bits per heavy atom. The number of ether oxygens (including phenoxy) is 1. The Kier molecular flexibility index (Phi) is 5.94. The predicted molar refractivity (Wildman–Crippen MR) is 71.6 cm³/mol. The van der Waals surface area contributed by atoms with Crippen molar-refractivity contribution in [2.45, 2.75) is 38.5 Å². The Bertz CT molecular complexity index is 453. The molecule has 0 amide bonds. The maximum absolute atomic E-state index is 11.7. The molecule has 0 aromatic rings. The number of carbonyl (C=O) groups excluding carboxylic acids is 1. The summed E-state index contributed by atoms with van der Waals surface area (Å²) in [6.07, 6.45) is 4.13. The minimum absolute atomic E-state index is 0.0542. The van der Waals surface area contributed by atoms with Crippen LogP contribution in [0.4, 0.5) is 0 Å². The van der Waals surface area contributed by atoms with Crippen LogP contribution < -0.4 is 4.72 Å². The van der Waals surface area contributed by atoms with Crippen molar-refractivity contribution in [2.24, 2.45) is 5.41 Å². The molecule has 1 fully saturated rings. The van der Waals surface area contributed by atoms with Crippen molar-refractivity contribution in [3.63, 3.8) is 0 Å². The SMILES string of the molecule is COC(=O)CS(=O)(=O)NCC1(CC(=O)O)CCCCC1. The zero-order valence-electron chi connectivity index (χ0n) is 11.6. The van der Waals surface area contributed by atoms with Crippen LogP contribution in [0.25, 0.3) is 0 Å². The van der Waals surface area contributed by atoms with Gasteiger partial charge in [0.2, 0.25) is 10.0 Å². The number of methoxy groups -OCH3 is 1. The van der Waals surface area contributed by atoms with Crippen LogP contribution in [0.5, 0.6) is 0 Å². The van der Waals surface area contributed by atoms with Gasteiger partial charge in [-0.15, -0.1) is 0 Å². The number of aliphatic carboxylic acids is 1. The number of carboxylic acids is 1. The molecule has 2 N–H and O–H groups in total. The summed E-state index contributed by atoms with van der Waals surface area (Å²) in [5.74, 6) is -2.51. The minimum atomic E-state index is -3.78. The summed E-state index contributed by atoms with van der Waals surface area (Å²) in [5, 5.41) is 8.99. The van der Waals surface area contributed by atoms with E-state index in [1.165, 1.54) is 0 Å². The van der Waals surface area contributed by atoms with E-state index in [9.17, 15) is 18.0 Å². The molecule has 0 radical (unpaired) electrons. The number of carbonyl (C=O) groups is 2. The van der Waals surface area contributed by atoms with Gasteiger partial charge in [0.25, 0.3) is 0 Å². The first-order chi connectivity index (χ1) is 9.29. The molecule has 0 aromatic heterocycles. The summed E-state index contributed by atoms with van der Waals surface area (Å²) in [6.45, 7) is 0.0542. The van der Waals surface area contributed by atoms with Gasteiger partial charge in [0, 0.05) is 6.54 Å². The van der Waals surface area contributed by atoms with E-state index in [-0.39, 0.29) is 13.0 Å². The first-order valence-corrected chi connectivity index (χ1v) is 8.20. The van der Waals surface area contributed by atoms with Crippen molar-refractivity contribution in [1.29, 1.82) is 0 Å². The Morgan fingerprint density at radius 2 is 1.85 bits per heavy atom. The molecular formula is C12H21NO6S. The van der Waals surface area contributed by atoms with E-state index in [1.54, 1.807) is 0 Å². The Morgan fingerprint density at radius 3 is 2.35 bits per heavy atom. The largest absolute Gasteiger partial charge is 0.481 e. The molecular weight excluding hydrogens is 286 g/mol. The molecule has 0 atom stereocenters. The molecule has 0 aliphatic heterocycles. The summed E-state index contributed by atoms with van der Waals surface area (Å²) in [5.41, 5.74) is -0.548. The highest BCUT2D eigenvalue weighted by molar-refractivity contribution is 7.90. The topological polar surface area (TPSA) is 110 Å². The first kappa shape index (κ1) is 16.9. The maximum atomic E-state index is 11.7. The highest BCUT2D eigenvalue weighted by Gasteiger charge is 2.35. The normalized spacial score (nSPS) is 18.4. The zero-order chi connectivity index (χ0) is 15.2. The quantitative estimate of drug-likeness (QED) is 0.663.